The molecular weight excluding hydrogens is 453 g/mol. The first-order valence-electron chi connectivity index (χ1n) is 12.7. The van der Waals surface area contributed by atoms with Crippen LogP contribution in [0.5, 0.6) is 0 Å². The van der Waals surface area contributed by atoms with E-state index in [0.717, 1.165) is 24.9 Å². The van der Waals surface area contributed by atoms with Crippen LogP contribution in [0.1, 0.15) is 53.6 Å². The second kappa shape index (κ2) is 11.0. The smallest absolute Gasteiger partial charge is 0.277 e. The van der Waals surface area contributed by atoms with Crippen molar-refractivity contribution in [2.75, 3.05) is 24.5 Å². The number of anilines is 1. The number of nitrogens with zero attached hydrogens (tertiary/aromatic N) is 3. The molecule has 0 saturated carbocycles. The highest BCUT2D eigenvalue weighted by Crippen LogP contribution is 2.32. The highest BCUT2D eigenvalue weighted by atomic mass is 19.1. The van der Waals surface area contributed by atoms with Crippen LogP contribution in [0.15, 0.2) is 77.8 Å². The Morgan fingerprint density at radius 2 is 1.61 bits per heavy atom. The van der Waals surface area contributed by atoms with Crippen molar-refractivity contribution in [1.29, 1.82) is 0 Å². The number of amides is 1. The van der Waals surface area contributed by atoms with E-state index in [2.05, 4.69) is 9.89 Å². The summed E-state index contributed by atoms with van der Waals surface area (Å²) in [7, 11) is 0. The van der Waals surface area contributed by atoms with Gasteiger partial charge in [-0.15, -0.1) is 0 Å². The highest BCUT2D eigenvalue weighted by molar-refractivity contribution is 6.54. The third-order valence-electron chi connectivity index (χ3n) is 6.94. The number of rotatable bonds is 9. The first kappa shape index (κ1) is 24.1. The second-order valence-corrected chi connectivity index (χ2v) is 9.44. The Bertz CT molecular complexity index is 1280. The van der Waals surface area contributed by atoms with Gasteiger partial charge in [0.05, 0.1) is 17.9 Å². The molecule has 2 aliphatic rings. The monoisotopic (exact) mass is 483 g/mol. The summed E-state index contributed by atoms with van der Waals surface area (Å²) in [5, 5.41) is 0. The van der Waals surface area contributed by atoms with Crippen molar-refractivity contribution in [3.63, 3.8) is 0 Å². The molecule has 0 unspecified atom stereocenters. The number of carbonyl (C=O) groups excluding carboxylic acids is 2. The number of Topliss-reactive ketones (excluding diaryl/α,β-unsaturated/α-hetero) is 1. The van der Waals surface area contributed by atoms with Gasteiger partial charge in [0.25, 0.3) is 5.91 Å². The maximum absolute atomic E-state index is 14.3. The van der Waals surface area contributed by atoms with Gasteiger partial charge >= 0.3 is 0 Å². The van der Waals surface area contributed by atoms with Gasteiger partial charge in [0, 0.05) is 23.1 Å². The van der Waals surface area contributed by atoms with E-state index in [-0.39, 0.29) is 24.1 Å². The van der Waals surface area contributed by atoms with Crippen LogP contribution in [-0.4, -0.2) is 41.9 Å². The third kappa shape index (κ3) is 5.29. The number of halogens is 1. The quantitative estimate of drug-likeness (QED) is 0.280. The summed E-state index contributed by atoms with van der Waals surface area (Å²) >= 11 is 0. The number of hydrogen-bond donors (Lipinski definition) is 0. The van der Waals surface area contributed by atoms with E-state index in [0.29, 0.717) is 34.6 Å². The molecule has 0 aliphatic carbocycles. The number of hydrogen-bond acceptors (Lipinski definition) is 4. The maximum Gasteiger partial charge on any atom is 0.277 e. The lowest BCUT2D eigenvalue weighted by molar-refractivity contribution is -0.112. The van der Waals surface area contributed by atoms with Crippen LogP contribution in [0.3, 0.4) is 0 Å². The lowest BCUT2D eigenvalue weighted by Crippen LogP contribution is -2.29. The summed E-state index contributed by atoms with van der Waals surface area (Å²) in [6, 6.07) is 21.0. The van der Waals surface area contributed by atoms with E-state index in [9.17, 15) is 14.0 Å². The number of ketones is 1. The Balaban J connectivity index is 1.27. The fraction of sp³-hybridized carbons (Fsp3) is 0.300. The van der Waals surface area contributed by atoms with Crippen molar-refractivity contribution in [3.05, 3.63) is 95.3 Å². The molecule has 6 heteroatoms. The molecule has 0 N–H and O–H groups in total. The van der Waals surface area contributed by atoms with E-state index in [1.165, 1.54) is 32.0 Å². The summed E-state index contributed by atoms with van der Waals surface area (Å²) in [5.74, 6) is -0.476. The average Bonchev–Trinajstić information content (AvgIpc) is 3.51. The van der Waals surface area contributed by atoms with Crippen molar-refractivity contribution >= 4 is 28.8 Å². The van der Waals surface area contributed by atoms with Crippen LogP contribution in [0.2, 0.25) is 0 Å². The molecule has 0 aromatic heterocycles. The van der Waals surface area contributed by atoms with Crippen LogP contribution in [0, 0.1) is 5.82 Å². The summed E-state index contributed by atoms with van der Waals surface area (Å²) in [6.07, 6.45) is 5.05. The molecule has 1 amide bonds. The van der Waals surface area contributed by atoms with Crippen LogP contribution in [0.25, 0.3) is 0 Å². The van der Waals surface area contributed by atoms with Gasteiger partial charge in [-0.3, -0.25) is 9.59 Å². The molecule has 2 heterocycles. The summed E-state index contributed by atoms with van der Waals surface area (Å²) < 4.78 is 14.3. The molecule has 2 aliphatic heterocycles. The van der Waals surface area contributed by atoms with E-state index in [4.69, 9.17) is 0 Å². The number of carbonyl (C=O) groups is 2. The number of para-hydroxylation sites is 1. The molecule has 0 spiro atoms. The molecule has 5 nitrogen and oxygen atoms in total. The number of fused-ring (bicyclic) bond motifs is 1. The first-order chi connectivity index (χ1) is 17.6. The number of aliphatic imine (C=N–C) groups is 1. The third-order valence-corrected chi connectivity index (χ3v) is 6.94. The average molecular weight is 484 g/mol. The van der Waals surface area contributed by atoms with Gasteiger partial charge in [-0.25, -0.2) is 9.38 Å². The zero-order chi connectivity index (χ0) is 24.9. The van der Waals surface area contributed by atoms with Gasteiger partial charge in [0.2, 0.25) is 0 Å². The van der Waals surface area contributed by atoms with E-state index in [1.807, 2.05) is 24.3 Å². The summed E-state index contributed by atoms with van der Waals surface area (Å²) in [6.45, 7) is 3.58. The Morgan fingerprint density at radius 1 is 0.889 bits per heavy atom. The lowest BCUT2D eigenvalue weighted by Gasteiger charge is -2.17. The van der Waals surface area contributed by atoms with Gasteiger partial charge in [0.15, 0.2) is 5.78 Å². The van der Waals surface area contributed by atoms with Crippen molar-refractivity contribution in [2.45, 2.75) is 38.6 Å². The Hall–Kier alpha value is -3.64. The van der Waals surface area contributed by atoms with Gasteiger partial charge < -0.3 is 9.80 Å². The molecule has 0 atom stereocenters. The largest absolute Gasteiger partial charge is 0.303 e. The topological polar surface area (TPSA) is 53.0 Å². The van der Waals surface area contributed by atoms with Gasteiger partial charge in [0.1, 0.15) is 11.5 Å². The maximum atomic E-state index is 14.3. The van der Waals surface area contributed by atoms with Gasteiger partial charge in [-0.05, 0) is 81.7 Å². The molecule has 1 fully saturated rings. The fourth-order valence-corrected chi connectivity index (χ4v) is 4.95. The number of unbranched alkanes of at least 4 members (excludes halogenated alkanes) is 1. The minimum absolute atomic E-state index is 0.132. The zero-order valence-corrected chi connectivity index (χ0v) is 20.3. The molecular formula is C30H30FN3O2. The zero-order valence-electron chi connectivity index (χ0n) is 20.3. The SMILES string of the molecule is O=C(CCCCN1CCCC1)c1ccc(N=C2C(=O)N(Cc3ccccc3F)c3ccccc32)cc1. The van der Waals surface area contributed by atoms with E-state index in [1.54, 1.807) is 47.4 Å². The van der Waals surface area contributed by atoms with E-state index >= 15 is 0 Å². The molecule has 0 radical (unpaired) electrons. The molecule has 3 aromatic carbocycles. The van der Waals surface area contributed by atoms with Crippen molar-refractivity contribution < 1.29 is 14.0 Å². The molecule has 5 rings (SSSR count). The molecule has 36 heavy (non-hydrogen) atoms. The van der Waals surface area contributed by atoms with Crippen LogP contribution < -0.4 is 4.90 Å². The Labute approximate surface area is 211 Å². The van der Waals surface area contributed by atoms with Crippen molar-refractivity contribution in [3.8, 4) is 0 Å². The molecule has 184 valence electrons. The van der Waals surface area contributed by atoms with Crippen LogP contribution in [0.4, 0.5) is 15.8 Å². The van der Waals surface area contributed by atoms with Crippen molar-refractivity contribution in [1.82, 2.24) is 4.90 Å². The summed E-state index contributed by atoms with van der Waals surface area (Å²) in [5.41, 5.74) is 3.47. The highest BCUT2D eigenvalue weighted by Gasteiger charge is 2.34. The predicted molar refractivity (Wildman–Crippen MR) is 141 cm³/mol. The molecule has 3 aromatic rings. The minimum atomic E-state index is -0.343. The van der Waals surface area contributed by atoms with Gasteiger partial charge in [-0.2, -0.15) is 0 Å². The lowest BCUT2D eigenvalue weighted by atomic mass is 10.0. The number of likely N-dealkylation sites (tertiary alicyclic amines) is 1. The standard InChI is InChI=1S/C30H30FN3O2/c31-26-11-3-1-9-23(26)21-34-27-12-4-2-10-25(27)29(30(34)36)32-24-16-14-22(15-17-24)28(35)13-5-6-18-33-19-7-8-20-33/h1-4,9-12,14-17H,5-8,13,18-21H2. The van der Waals surface area contributed by atoms with Crippen LogP contribution >= 0.6 is 0 Å². The second-order valence-electron chi connectivity index (χ2n) is 9.44. The summed E-state index contributed by atoms with van der Waals surface area (Å²) in [4.78, 5) is 34.6. The molecule has 0 bridgehead atoms. The normalized spacial score (nSPS) is 16.6. The Kier molecular flexibility index (Phi) is 7.33. The van der Waals surface area contributed by atoms with Crippen molar-refractivity contribution in [2.24, 2.45) is 4.99 Å². The first-order valence-corrected chi connectivity index (χ1v) is 12.7. The fourth-order valence-electron chi connectivity index (χ4n) is 4.95. The molecule has 1 saturated heterocycles. The van der Waals surface area contributed by atoms with E-state index < -0.39 is 0 Å². The van der Waals surface area contributed by atoms with Crippen LogP contribution in [-0.2, 0) is 11.3 Å². The minimum Gasteiger partial charge on any atom is -0.303 e. The predicted octanol–water partition coefficient (Wildman–Crippen LogP) is 5.94. The number of benzene rings is 3. The Morgan fingerprint density at radius 3 is 2.39 bits per heavy atom. The van der Waals surface area contributed by atoms with Gasteiger partial charge in [-0.1, -0.05) is 36.4 Å².